The number of unbranched alkanes of at least 4 members (excludes halogenated alkanes) is 1. The lowest BCUT2D eigenvalue weighted by molar-refractivity contribution is 0.473. The third-order valence-corrected chi connectivity index (χ3v) is 5.55. The molecule has 1 unspecified atom stereocenters. The molecule has 0 spiro atoms. The highest BCUT2D eigenvalue weighted by molar-refractivity contribution is 5.69. The van der Waals surface area contributed by atoms with E-state index in [1.165, 1.54) is 42.5 Å². The number of benzene rings is 1. The van der Waals surface area contributed by atoms with Crippen LogP contribution in [-0.4, -0.2) is 16.1 Å². The highest BCUT2D eigenvalue weighted by atomic mass is 16.1. The van der Waals surface area contributed by atoms with Crippen molar-refractivity contribution in [1.82, 2.24) is 9.55 Å². The van der Waals surface area contributed by atoms with Gasteiger partial charge < -0.3 is 5.32 Å². The van der Waals surface area contributed by atoms with Gasteiger partial charge in [0.05, 0.1) is 5.69 Å². The van der Waals surface area contributed by atoms with Crippen LogP contribution in [0.15, 0.2) is 29.1 Å². The summed E-state index contributed by atoms with van der Waals surface area (Å²) in [6.07, 6.45) is 6.77. The van der Waals surface area contributed by atoms with E-state index in [9.17, 15) is 4.79 Å². The summed E-state index contributed by atoms with van der Waals surface area (Å²) in [7, 11) is 0. The fraction of sp³-hybridized carbons (Fsp3) is 0.545. The van der Waals surface area contributed by atoms with Gasteiger partial charge in [-0.15, -0.1) is 0 Å². The van der Waals surface area contributed by atoms with Crippen molar-refractivity contribution in [2.75, 3.05) is 11.9 Å². The summed E-state index contributed by atoms with van der Waals surface area (Å²) in [5.41, 5.74) is 5.47. The molecule has 2 heterocycles. The van der Waals surface area contributed by atoms with Crippen LogP contribution in [0, 0.1) is 5.92 Å². The van der Waals surface area contributed by atoms with E-state index in [2.05, 4.69) is 48.4 Å². The second-order valence-electron chi connectivity index (χ2n) is 7.34. The molecule has 140 valence electrons. The van der Waals surface area contributed by atoms with Crippen LogP contribution in [0.3, 0.4) is 0 Å². The van der Waals surface area contributed by atoms with Gasteiger partial charge in [-0.05, 0) is 48.9 Å². The molecule has 1 aliphatic rings. The van der Waals surface area contributed by atoms with E-state index < -0.39 is 0 Å². The minimum absolute atomic E-state index is 0.117. The molecule has 1 aromatic heterocycles. The molecule has 1 N–H and O–H groups in total. The van der Waals surface area contributed by atoms with Crippen LogP contribution >= 0.6 is 0 Å². The van der Waals surface area contributed by atoms with Crippen molar-refractivity contribution in [1.29, 1.82) is 0 Å². The van der Waals surface area contributed by atoms with Gasteiger partial charge >= 0.3 is 5.69 Å². The van der Waals surface area contributed by atoms with Crippen molar-refractivity contribution >= 4 is 5.69 Å². The van der Waals surface area contributed by atoms with E-state index in [1.54, 1.807) is 0 Å². The van der Waals surface area contributed by atoms with Gasteiger partial charge in [-0.3, -0.25) is 4.57 Å². The first-order valence-electron chi connectivity index (χ1n) is 10.1. The summed E-state index contributed by atoms with van der Waals surface area (Å²) in [6, 6.07) is 8.65. The first kappa shape index (κ1) is 18.7. The molecule has 4 nitrogen and oxygen atoms in total. The zero-order valence-corrected chi connectivity index (χ0v) is 16.3. The minimum atomic E-state index is -0.117. The molecule has 26 heavy (non-hydrogen) atoms. The van der Waals surface area contributed by atoms with Crippen LogP contribution in [0.5, 0.6) is 0 Å². The second kappa shape index (κ2) is 8.52. The highest BCUT2D eigenvalue weighted by Gasteiger charge is 2.18. The van der Waals surface area contributed by atoms with Gasteiger partial charge in [0, 0.05) is 30.0 Å². The zero-order valence-electron chi connectivity index (χ0n) is 16.3. The predicted molar refractivity (Wildman–Crippen MR) is 109 cm³/mol. The molecule has 3 rings (SSSR count). The Morgan fingerprint density at radius 3 is 2.81 bits per heavy atom. The van der Waals surface area contributed by atoms with E-state index in [-0.39, 0.29) is 5.69 Å². The lowest BCUT2D eigenvalue weighted by Crippen LogP contribution is -2.29. The van der Waals surface area contributed by atoms with E-state index in [4.69, 9.17) is 0 Å². The maximum absolute atomic E-state index is 12.3. The van der Waals surface area contributed by atoms with Crippen molar-refractivity contribution in [3.63, 3.8) is 0 Å². The molecule has 0 saturated heterocycles. The molecule has 0 fully saturated rings. The summed E-state index contributed by atoms with van der Waals surface area (Å²) in [6.45, 7) is 8.33. The number of rotatable bonds is 8. The Balaban J connectivity index is 1.80. The summed E-state index contributed by atoms with van der Waals surface area (Å²) in [5, 5.41) is 3.63. The number of hydrogen-bond donors (Lipinski definition) is 1. The van der Waals surface area contributed by atoms with Crippen LogP contribution in [0.4, 0.5) is 5.69 Å². The van der Waals surface area contributed by atoms with Gasteiger partial charge in [0.1, 0.15) is 0 Å². The van der Waals surface area contributed by atoms with E-state index in [1.807, 2.05) is 11.5 Å². The quantitative estimate of drug-likeness (QED) is 0.751. The van der Waals surface area contributed by atoms with Gasteiger partial charge in [-0.2, -0.15) is 4.98 Å². The number of aromatic nitrogens is 2. The molecule has 0 radical (unpaired) electrons. The molecular formula is C22H31N3O. The van der Waals surface area contributed by atoms with E-state index in [0.717, 1.165) is 43.2 Å². The molecule has 2 aromatic rings. The Morgan fingerprint density at radius 1 is 1.23 bits per heavy atom. The SMILES string of the molecule is CCCCC(CC)CNc1ccc2c(c1)CCn1c-2cc(CC)nc1=O. The van der Waals surface area contributed by atoms with Crippen LogP contribution in [0.25, 0.3) is 11.3 Å². The molecule has 0 saturated carbocycles. The maximum Gasteiger partial charge on any atom is 0.348 e. The summed E-state index contributed by atoms with van der Waals surface area (Å²) < 4.78 is 1.81. The Kier molecular flexibility index (Phi) is 6.12. The van der Waals surface area contributed by atoms with Crippen LogP contribution in [0.2, 0.25) is 0 Å². The van der Waals surface area contributed by atoms with Crippen molar-refractivity contribution in [2.45, 2.75) is 65.8 Å². The predicted octanol–water partition coefficient (Wildman–Crippen LogP) is 4.66. The first-order valence-corrected chi connectivity index (χ1v) is 10.1. The van der Waals surface area contributed by atoms with Gasteiger partial charge in [-0.1, -0.05) is 46.1 Å². The minimum Gasteiger partial charge on any atom is -0.385 e. The Morgan fingerprint density at radius 2 is 2.08 bits per heavy atom. The van der Waals surface area contributed by atoms with Gasteiger partial charge in [0.2, 0.25) is 0 Å². The Bertz CT molecular complexity index is 810. The fourth-order valence-electron chi connectivity index (χ4n) is 3.77. The monoisotopic (exact) mass is 353 g/mol. The lowest BCUT2D eigenvalue weighted by atomic mass is 9.96. The standard InChI is InChI=1S/C22H31N3O/c1-4-7-8-16(5-2)15-23-19-9-10-20-17(13-19)11-12-25-21(20)14-18(6-3)24-22(25)26/h9-10,13-14,16,23H,4-8,11-12,15H2,1-3H3. The largest absolute Gasteiger partial charge is 0.385 e. The van der Waals surface area contributed by atoms with Crippen molar-refractivity contribution < 1.29 is 0 Å². The van der Waals surface area contributed by atoms with Gasteiger partial charge in [0.15, 0.2) is 0 Å². The highest BCUT2D eigenvalue weighted by Crippen LogP contribution is 2.30. The number of nitrogens with one attached hydrogen (secondary N) is 1. The van der Waals surface area contributed by atoms with E-state index in [0.29, 0.717) is 0 Å². The van der Waals surface area contributed by atoms with Crippen LogP contribution in [-0.2, 0) is 19.4 Å². The normalized spacial score (nSPS) is 13.8. The Labute approximate surface area is 156 Å². The van der Waals surface area contributed by atoms with Crippen molar-refractivity contribution in [3.8, 4) is 11.3 Å². The molecule has 0 bridgehead atoms. The number of nitrogens with zero attached hydrogens (tertiary/aromatic N) is 2. The third-order valence-electron chi connectivity index (χ3n) is 5.55. The summed E-state index contributed by atoms with van der Waals surface area (Å²) in [4.78, 5) is 16.4. The lowest BCUT2D eigenvalue weighted by Gasteiger charge is -2.23. The number of aryl methyl sites for hydroxylation is 2. The summed E-state index contributed by atoms with van der Waals surface area (Å²) >= 11 is 0. The smallest absolute Gasteiger partial charge is 0.348 e. The molecule has 1 atom stereocenters. The molecular weight excluding hydrogens is 322 g/mol. The maximum atomic E-state index is 12.3. The zero-order chi connectivity index (χ0) is 18.5. The molecule has 0 amide bonds. The van der Waals surface area contributed by atoms with Gasteiger partial charge in [0.25, 0.3) is 0 Å². The molecule has 1 aromatic carbocycles. The first-order chi connectivity index (χ1) is 12.7. The fourth-order valence-corrected chi connectivity index (χ4v) is 3.77. The third kappa shape index (κ3) is 4.00. The average Bonchev–Trinajstić information content (AvgIpc) is 2.67. The van der Waals surface area contributed by atoms with E-state index >= 15 is 0 Å². The van der Waals surface area contributed by atoms with Crippen molar-refractivity contribution in [3.05, 3.63) is 46.0 Å². The Hall–Kier alpha value is -2.10. The number of hydrogen-bond acceptors (Lipinski definition) is 3. The second-order valence-corrected chi connectivity index (χ2v) is 7.34. The average molecular weight is 354 g/mol. The number of fused-ring (bicyclic) bond motifs is 3. The molecule has 4 heteroatoms. The summed E-state index contributed by atoms with van der Waals surface area (Å²) in [5.74, 6) is 0.739. The number of anilines is 1. The van der Waals surface area contributed by atoms with Crippen LogP contribution < -0.4 is 11.0 Å². The molecule has 1 aliphatic heterocycles. The van der Waals surface area contributed by atoms with Crippen LogP contribution in [0.1, 0.15) is 57.7 Å². The topological polar surface area (TPSA) is 46.9 Å². The van der Waals surface area contributed by atoms with Gasteiger partial charge in [-0.25, -0.2) is 4.79 Å². The molecule has 0 aliphatic carbocycles. The van der Waals surface area contributed by atoms with Crippen molar-refractivity contribution in [2.24, 2.45) is 5.92 Å².